The van der Waals surface area contributed by atoms with Crippen LogP contribution < -0.4 is 4.74 Å². The Morgan fingerprint density at radius 3 is 2.48 bits per heavy atom. The van der Waals surface area contributed by atoms with Crippen molar-refractivity contribution in [1.82, 2.24) is 4.98 Å². The average molecular weight is 455 g/mol. The van der Waals surface area contributed by atoms with Crippen LogP contribution in [0.5, 0.6) is 5.75 Å². The van der Waals surface area contributed by atoms with E-state index in [1.165, 1.54) is 6.39 Å². The number of hydrogen-bond donors (Lipinski definition) is 0. The van der Waals surface area contributed by atoms with Crippen LogP contribution in [0.2, 0.25) is 0 Å². The first-order chi connectivity index (χ1) is 11.2. The lowest BCUT2D eigenvalue weighted by atomic mass is 10.1. The minimum Gasteiger partial charge on any atom is -0.494 e. The SMILES string of the molecule is COc1c(Br)cc(-c2ncoc2-c2ccccc2SC)cc1Br. The van der Waals surface area contributed by atoms with Gasteiger partial charge in [-0.1, -0.05) is 18.2 Å². The molecule has 3 aromatic rings. The summed E-state index contributed by atoms with van der Waals surface area (Å²) < 4.78 is 12.8. The molecular weight excluding hydrogens is 442 g/mol. The highest BCUT2D eigenvalue weighted by Crippen LogP contribution is 2.41. The van der Waals surface area contributed by atoms with Gasteiger partial charge in [-0.3, -0.25) is 0 Å². The zero-order valence-corrected chi connectivity index (χ0v) is 16.5. The third-order valence-corrected chi connectivity index (χ3v) is 5.37. The Labute approximate surface area is 155 Å². The molecule has 0 atom stereocenters. The zero-order chi connectivity index (χ0) is 16.4. The van der Waals surface area contributed by atoms with Gasteiger partial charge in [0.2, 0.25) is 0 Å². The van der Waals surface area contributed by atoms with E-state index in [9.17, 15) is 0 Å². The van der Waals surface area contributed by atoms with Crippen LogP contribution in [-0.4, -0.2) is 18.3 Å². The molecule has 0 unspecified atom stereocenters. The van der Waals surface area contributed by atoms with Crippen molar-refractivity contribution in [3.8, 4) is 28.3 Å². The van der Waals surface area contributed by atoms with E-state index >= 15 is 0 Å². The second kappa shape index (κ2) is 7.11. The molecule has 0 aliphatic heterocycles. The average Bonchev–Trinajstić information content (AvgIpc) is 3.04. The Hall–Kier alpha value is -1.24. The topological polar surface area (TPSA) is 35.3 Å². The monoisotopic (exact) mass is 453 g/mol. The highest BCUT2D eigenvalue weighted by Gasteiger charge is 2.18. The lowest BCUT2D eigenvalue weighted by molar-refractivity contribution is 0.409. The quantitative estimate of drug-likeness (QED) is 0.435. The van der Waals surface area contributed by atoms with Gasteiger partial charge in [0.15, 0.2) is 12.2 Å². The minimum atomic E-state index is 0.753. The van der Waals surface area contributed by atoms with E-state index in [1.54, 1.807) is 18.9 Å². The van der Waals surface area contributed by atoms with Gasteiger partial charge >= 0.3 is 0 Å². The Balaban J connectivity index is 2.16. The van der Waals surface area contributed by atoms with Gasteiger partial charge in [-0.25, -0.2) is 4.98 Å². The first-order valence-electron chi connectivity index (χ1n) is 6.76. The molecule has 6 heteroatoms. The van der Waals surface area contributed by atoms with Gasteiger partial charge in [0.25, 0.3) is 0 Å². The fraction of sp³-hybridized carbons (Fsp3) is 0.118. The van der Waals surface area contributed by atoms with Gasteiger partial charge in [0.1, 0.15) is 11.4 Å². The molecule has 23 heavy (non-hydrogen) atoms. The molecule has 0 bridgehead atoms. The summed E-state index contributed by atoms with van der Waals surface area (Å²) in [4.78, 5) is 5.57. The van der Waals surface area contributed by atoms with E-state index in [0.29, 0.717) is 0 Å². The summed E-state index contributed by atoms with van der Waals surface area (Å²) in [5.74, 6) is 1.52. The summed E-state index contributed by atoms with van der Waals surface area (Å²) >= 11 is 8.75. The summed E-state index contributed by atoms with van der Waals surface area (Å²) in [6.07, 6.45) is 3.53. The third kappa shape index (κ3) is 3.20. The van der Waals surface area contributed by atoms with Gasteiger partial charge in [-0.15, -0.1) is 11.8 Å². The summed E-state index contributed by atoms with van der Waals surface area (Å²) in [7, 11) is 1.64. The molecular formula is C17H13Br2NO2S. The standard InChI is InChI=1S/C17H13Br2NO2S/c1-21-17-12(18)7-10(8-13(17)19)15-16(22-9-20-15)11-5-3-4-6-14(11)23-2/h3-9H,1-2H3. The summed E-state index contributed by atoms with van der Waals surface area (Å²) in [5.41, 5.74) is 2.79. The predicted molar refractivity (Wildman–Crippen MR) is 101 cm³/mol. The van der Waals surface area contributed by atoms with Crippen LogP contribution in [0.1, 0.15) is 0 Å². The number of ether oxygens (including phenoxy) is 1. The Morgan fingerprint density at radius 1 is 1.13 bits per heavy atom. The van der Waals surface area contributed by atoms with Crippen LogP contribution in [0, 0.1) is 0 Å². The summed E-state index contributed by atoms with van der Waals surface area (Å²) in [5, 5.41) is 0. The van der Waals surface area contributed by atoms with Crippen LogP contribution in [0.3, 0.4) is 0 Å². The van der Waals surface area contributed by atoms with Crippen LogP contribution in [0.15, 0.2) is 61.0 Å². The molecule has 0 spiro atoms. The first kappa shape index (κ1) is 16.6. The number of methoxy groups -OCH3 is 1. The van der Waals surface area contributed by atoms with Crippen LogP contribution in [0.25, 0.3) is 22.6 Å². The second-order valence-electron chi connectivity index (χ2n) is 4.70. The zero-order valence-electron chi connectivity index (χ0n) is 12.5. The fourth-order valence-electron chi connectivity index (χ4n) is 2.37. The molecule has 0 fully saturated rings. The van der Waals surface area contributed by atoms with Gasteiger partial charge in [0.05, 0.1) is 16.1 Å². The largest absolute Gasteiger partial charge is 0.494 e. The number of nitrogens with zero attached hydrogens (tertiary/aromatic N) is 1. The van der Waals surface area contributed by atoms with Crippen molar-refractivity contribution >= 4 is 43.6 Å². The number of aromatic nitrogens is 1. The number of hydrogen-bond acceptors (Lipinski definition) is 4. The molecule has 0 saturated carbocycles. The summed E-state index contributed by atoms with van der Waals surface area (Å²) in [6, 6.07) is 12.1. The van der Waals surface area contributed by atoms with Crippen molar-refractivity contribution in [1.29, 1.82) is 0 Å². The van der Waals surface area contributed by atoms with Crippen molar-refractivity contribution in [2.45, 2.75) is 4.90 Å². The molecule has 0 N–H and O–H groups in total. The van der Waals surface area contributed by atoms with Crippen molar-refractivity contribution in [3.63, 3.8) is 0 Å². The Kier molecular flexibility index (Phi) is 5.14. The van der Waals surface area contributed by atoms with Gasteiger partial charge in [0, 0.05) is 16.0 Å². The highest BCUT2D eigenvalue weighted by molar-refractivity contribution is 9.11. The van der Waals surface area contributed by atoms with Crippen molar-refractivity contribution in [2.75, 3.05) is 13.4 Å². The first-order valence-corrected chi connectivity index (χ1v) is 9.57. The molecule has 0 aliphatic carbocycles. The number of halogens is 2. The molecule has 0 radical (unpaired) electrons. The number of benzene rings is 2. The molecule has 118 valence electrons. The van der Waals surface area contributed by atoms with Crippen molar-refractivity contribution < 1.29 is 9.15 Å². The van der Waals surface area contributed by atoms with E-state index in [2.05, 4.69) is 49.2 Å². The molecule has 3 rings (SSSR count). The van der Waals surface area contributed by atoms with E-state index in [4.69, 9.17) is 9.15 Å². The number of oxazole rings is 1. The summed E-state index contributed by atoms with van der Waals surface area (Å²) in [6.45, 7) is 0. The van der Waals surface area contributed by atoms with Crippen LogP contribution >= 0.6 is 43.6 Å². The van der Waals surface area contributed by atoms with Crippen molar-refractivity contribution in [2.24, 2.45) is 0 Å². The lowest BCUT2D eigenvalue weighted by Gasteiger charge is -2.10. The highest BCUT2D eigenvalue weighted by atomic mass is 79.9. The maximum Gasteiger partial charge on any atom is 0.182 e. The molecule has 0 amide bonds. The molecule has 1 heterocycles. The minimum absolute atomic E-state index is 0.753. The van der Waals surface area contributed by atoms with Gasteiger partial charge < -0.3 is 9.15 Å². The normalized spacial score (nSPS) is 10.8. The van der Waals surface area contributed by atoms with E-state index in [1.807, 2.05) is 30.3 Å². The maximum atomic E-state index is 5.70. The number of thioether (sulfide) groups is 1. The fourth-order valence-corrected chi connectivity index (χ4v) is 4.47. The van der Waals surface area contributed by atoms with Gasteiger partial charge in [-0.05, 0) is 56.3 Å². The molecule has 2 aromatic carbocycles. The molecule has 0 aliphatic rings. The molecule has 1 aromatic heterocycles. The van der Waals surface area contributed by atoms with Crippen molar-refractivity contribution in [3.05, 3.63) is 51.7 Å². The maximum absolute atomic E-state index is 5.70. The van der Waals surface area contributed by atoms with Crippen LogP contribution in [-0.2, 0) is 0 Å². The lowest BCUT2D eigenvalue weighted by Crippen LogP contribution is -1.89. The van der Waals surface area contributed by atoms with E-state index in [-0.39, 0.29) is 0 Å². The molecule has 0 saturated heterocycles. The smallest absolute Gasteiger partial charge is 0.182 e. The Bertz CT molecular complexity index is 825. The van der Waals surface area contributed by atoms with E-state index in [0.717, 1.165) is 42.2 Å². The second-order valence-corrected chi connectivity index (χ2v) is 7.26. The Morgan fingerprint density at radius 2 is 1.83 bits per heavy atom. The number of rotatable bonds is 4. The predicted octanol–water partition coefficient (Wildman–Crippen LogP) is 6.26. The molecule has 3 nitrogen and oxygen atoms in total. The van der Waals surface area contributed by atoms with E-state index < -0.39 is 0 Å². The van der Waals surface area contributed by atoms with Gasteiger partial charge in [-0.2, -0.15) is 0 Å². The van der Waals surface area contributed by atoms with Crippen LogP contribution in [0.4, 0.5) is 0 Å². The third-order valence-electron chi connectivity index (χ3n) is 3.39.